The monoisotopic (exact) mass is 440 g/mol. The summed E-state index contributed by atoms with van der Waals surface area (Å²) in [7, 11) is 0. The summed E-state index contributed by atoms with van der Waals surface area (Å²) >= 11 is 5.85. The van der Waals surface area contributed by atoms with Crippen LogP contribution in [-0.2, 0) is 11.3 Å². The predicted molar refractivity (Wildman–Crippen MR) is 105 cm³/mol. The summed E-state index contributed by atoms with van der Waals surface area (Å²) in [6.45, 7) is 0.675. The topological polar surface area (TPSA) is 58.6 Å². The molecule has 2 aromatic carbocycles. The number of hydrogen-bond acceptors (Lipinski definition) is 3. The van der Waals surface area contributed by atoms with Gasteiger partial charge in [0.1, 0.15) is 5.75 Å². The zero-order chi connectivity index (χ0) is 21.7. The number of carbonyl (C=O) groups excluding carboxylic acids is 2. The van der Waals surface area contributed by atoms with Gasteiger partial charge >= 0.3 is 6.36 Å². The first kappa shape index (κ1) is 22.0. The highest BCUT2D eigenvalue weighted by Gasteiger charge is 2.32. The van der Waals surface area contributed by atoms with E-state index in [-0.39, 0.29) is 36.2 Å². The number of likely N-dealkylation sites (tertiary alicyclic amines) is 1. The summed E-state index contributed by atoms with van der Waals surface area (Å²) in [5.41, 5.74) is 0.701. The number of rotatable bonds is 5. The van der Waals surface area contributed by atoms with Crippen molar-refractivity contribution in [3.63, 3.8) is 0 Å². The zero-order valence-electron chi connectivity index (χ0n) is 15.9. The van der Waals surface area contributed by atoms with Crippen LogP contribution >= 0.6 is 11.6 Å². The molecule has 0 radical (unpaired) electrons. The lowest BCUT2D eigenvalue weighted by Crippen LogP contribution is -2.45. The van der Waals surface area contributed by atoms with Gasteiger partial charge in [0.15, 0.2) is 0 Å². The molecule has 160 valence electrons. The first-order valence-corrected chi connectivity index (χ1v) is 9.77. The van der Waals surface area contributed by atoms with Crippen molar-refractivity contribution in [3.8, 4) is 5.75 Å². The minimum absolute atomic E-state index is 0.104. The Morgan fingerprint density at radius 3 is 2.53 bits per heavy atom. The van der Waals surface area contributed by atoms with Gasteiger partial charge in [-0.25, -0.2) is 0 Å². The number of piperidine rings is 1. The molecular weight excluding hydrogens is 421 g/mol. The van der Waals surface area contributed by atoms with Gasteiger partial charge in [-0.3, -0.25) is 9.59 Å². The molecule has 9 heteroatoms. The number of carbonyl (C=O) groups is 2. The summed E-state index contributed by atoms with van der Waals surface area (Å²) in [6.07, 6.45) is -3.56. The normalized spacial score (nSPS) is 16.8. The molecule has 1 N–H and O–H groups in total. The van der Waals surface area contributed by atoms with Crippen molar-refractivity contribution >= 4 is 23.4 Å². The molecule has 0 spiro atoms. The van der Waals surface area contributed by atoms with E-state index in [4.69, 9.17) is 11.6 Å². The van der Waals surface area contributed by atoms with Crippen molar-refractivity contribution in [2.24, 2.45) is 5.92 Å². The zero-order valence-corrected chi connectivity index (χ0v) is 16.7. The molecule has 0 aliphatic carbocycles. The van der Waals surface area contributed by atoms with E-state index in [1.54, 1.807) is 35.2 Å². The van der Waals surface area contributed by atoms with Crippen LogP contribution < -0.4 is 10.1 Å². The van der Waals surface area contributed by atoms with E-state index >= 15 is 0 Å². The second kappa shape index (κ2) is 9.38. The first-order chi connectivity index (χ1) is 14.2. The summed E-state index contributed by atoms with van der Waals surface area (Å²) in [5.74, 6) is -1.29. The van der Waals surface area contributed by atoms with Crippen LogP contribution in [0.2, 0.25) is 5.02 Å². The molecule has 1 unspecified atom stereocenters. The largest absolute Gasteiger partial charge is 0.573 e. The fourth-order valence-corrected chi connectivity index (χ4v) is 3.48. The maximum Gasteiger partial charge on any atom is 0.573 e. The number of nitrogens with zero attached hydrogens (tertiary/aromatic N) is 1. The Bertz CT molecular complexity index is 903. The Kier molecular flexibility index (Phi) is 6.87. The van der Waals surface area contributed by atoms with Gasteiger partial charge in [-0.15, -0.1) is 13.2 Å². The van der Waals surface area contributed by atoms with Crippen molar-refractivity contribution in [2.75, 3.05) is 13.1 Å². The third kappa shape index (κ3) is 5.89. The van der Waals surface area contributed by atoms with Crippen LogP contribution in [-0.4, -0.2) is 36.2 Å². The average Bonchev–Trinajstić information content (AvgIpc) is 2.72. The number of benzene rings is 2. The number of para-hydroxylation sites is 1. The average molecular weight is 441 g/mol. The van der Waals surface area contributed by atoms with Gasteiger partial charge in [0.25, 0.3) is 5.91 Å². The summed E-state index contributed by atoms with van der Waals surface area (Å²) < 4.78 is 41.6. The Hall–Kier alpha value is -2.74. The number of nitrogens with one attached hydrogen (secondary N) is 1. The van der Waals surface area contributed by atoms with Gasteiger partial charge in [0, 0.05) is 35.8 Å². The lowest BCUT2D eigenvalue weighted by atomic mass is 9.96. The molecule has 1 atom stereocenters. The van der Waals surface area contributed by atoms with E-state index < -0.39 is 12.3 Å². The lowest BCUT2D eigenvalue weighted by Gasteiger charge is -2.32. The third-order valence-electron chi connectivity index (χ3n) is 4.82. The van der Waals surface area contributed by atoms with Gasteiger partial charge in [0.2, 0.25) is 5.91 Å². The molecule has 1 aliphatic rings. The molecule has 0 aromatic heterocycles. The molecule has 2 aromatic rings. The quantitative estimate of drug-likeness (QED) is 0.749. The molecule has 1 fully saturated rings. The second-order valence-corrected chi connectivity index (χ2v) is 7.41. The molecular formula is C21H20ClF3N2O3. The first-order valence-electron chi connectivity index (χ1n) is 9.39. The Morgan fingerprint density at radius 1 is 1.13 bits per heavy atom. The van der Waals surface area contributed by atoms with Crippen molar-refractivity contribution < 1.29 is 27.5 Å². The molecule has 0 bridgehead atoms. The molecule has 3 rings (SSSR count). The van der Waals surface area contributed by atoms with Gasteiger partial charge in [-0.2, -0.15) is 0 Å². The number of hydrogen-bond donors (Lipinski definition) is 1. The van der Waals surface area contributed by atoms with Gasteiger partial charge < -0.3 is 15.0 Å². The van der Waals surface area contributed by atoms with E-state index in [2.05, 4.69) is 10.1 Å². The smallest absolute Gasteiger partial charge is 0.405 e. The summed E-state index contributed by atoms with van der Waals surface area (Å²) in [6, 6.07) is 12.2. The molecule has 5 nitrogen and oxygen atoms in total. The molecule has 1 aliphatic heterocycles. The molecule has 0 saturated carbocycles. The highest BCUT2D eigenvalue weighted by atomic mass is 35.5. The fourth-order valence-electron chi connectivity index (χ4n) is 3.35. The number of amides is 2. The van der Waals surface area contributed by atoms with Crippen LogP contribution in [0.3, 0.4) is 0 Å². The highest BCUT2D eigenvalue weighted by Crippen LogP contribution is 2.26. The van der Waals surface area contributed by atoms with Crippen molar-refractivity contribution in [2.45, 2.75) is 25.7 Å². The SMILES string of the molecule is O=C(NCc1ccccc1OC(F)(F)F)C1CCCN(C(=O)c2ccc(Cl)cc2)C1. The molecule has 30 heavy (non-hydrogen) atoms. The highest BCUT2D eigenvalue weighted by molar-refractivity contribution is 6.30. The number of ether oxygens (including phenoxy) is 1. The van der Waals surface area contributed by atoms with Gasteiger partial charge in [0.05, 0.1) is 5.92 Å². The fraction of sp³-hybridized carbons (Fsp3) is 0.333. The number of halogens is 4. The maximum atomic E-state index is 12.7. The molecule has 1 heterocycles. The van der Waals surface area contributed by atoms with Crippen LogP contribution in [0.25, 0.3) is 0 Å². The van der Waals surface area contributed by atoms with Crippen molar-refractivity contribution in [1.29, 1.82) is 0 Å². The standard InChI is InChI=1S/C21H20ClF3N2O3/c22-17-9-7-14(8-10-17)20(29)27-11-3-5-16(13-27)19(28)26-12-15-4-1-2-6-18(15)30-21(23,24)25/h1-2,4,6-10,16H,3,5,11-13H2,(H,26,28). The lowest BCUT2D eigenvalue weighted by molar-refractivity contribution is -0.274. The van der Waals surface area contributed by atoms with E-state index in [0.29, 0.717) is 30.0 Å². The van der Waals surface area contributed by atoms with E-state index in [0.717, 1.165) is 0 Å². The van der Waals surface area contributed by atoms with Crippen LogP contribution in [0.1, 0.15) is 28.8 Å². The Morgan fingerprint density at radius 2 is 1.83 bits per heavy atom. The van der Waals surface area contributed by atoms with Crippen LogP contribution in [0, 0.1) is 5.92 Å². The minimum atomic E-state index is -4.81. The summed E-state index contributed by atoms with van der Waals surface area (Å²) in [4.78, 5) is 26.9. The predicted octanol–water partition coefficient (Wildman–Crippen LogP) is 4.41. The summed E-state index contributed by atoms with van der Waals surface area (Å²) in [5, 5.41) is 3.19. The van der Waals surface area contributed by atoms with Crippen molar-refractivity contribution in [3.05, 3.63) is 64.7 Å². The van der Waals surface area contributed by atoms with E-state index in [9.17, 15) is 22.8 Å². The van der Waals surface area contributed by atoms with Crippen LogP contribution in [0.15, 0.2) is 48.5 Å². The van der Waals surface area contributed by atoms with Crippen LogP contribution in [0.5, 0.6) is 5.75 Å². The number of alkyl halides is 3. The molecule has 1 saturated heterocycles. The third-order valence-corrected chi connectivity index (χ3v) is 5.07. The maximum absolute atomic E-state index is 12.7. The van der Waals surface area contributed by atoms with Crippen LogP contribution in [0.4, 0.5) is 13.2 Å². The Balaban J connectivity index is 1.60. The van der Waals surface area contributed by atoms with Crippen molar-refractivity contribution in [1.82, 2.24) is 10.2 Å². The minimum Gasteiger partial charge on any atom is -0.405 e. The van der Waals surface area contributed by atoms with E-state index in [1.165, 1.54) is 18.2 Å². The second-order valence-electron chi connectivity index (χ2n) is 6.97. The van der Waals surface area contributed by atoms with E-state index in [1.807, 2.05) is 0 Å². The molecule has 2 amide bonds. The van der Waals surface area contributed by atoms with Gasteiger partial charge in [-0.05, 0) is 43.2 Å². The Labute approximate surface area is 176 Å². The van der Waals surface area contributed by atoms with Gasteiger partial charge in [-0.1, -0.05) is 29.8 Å².